The monoisotopic (exact) mass is 398 g/mol. The number of aromatic nitrogens is 3. The fourth-order valence-electron chi connectivity index (χ4n) is 2.79. The van der Waals surface area contributed by atoms with Gasteiger partial charge in [0.15, 0.2) is 5.82 Å². The van der Waals surface area contributed by atoms with Gasteiger partial charge in [0.2, 0.25) is 11.9 Å². The minimum absolute atomic E-state index is 0.246. The Hall–Kier alpha value is -3.13. The number of hydrogen-bond acceptors (Lipinski definition) is 6. The minimum Gasteiger partial charge on any atom is -0.354 e. The summed E-state index contributed by atoms with van der Waals surface area (Å²) in [5, 5.41) is 6.16. The second-order valence-corrected chi connectivity index (χ2v) is 6.58. The average Bonchev–Trinajstić information content (AvgIpc) is 2.70. The smallest absolute Gasteiger partial charge is 0.232 e. The van der Waals surface area contributed by atoms with E-state index in [2.05, 4.69) is 25.6 Å². The van der Waals surface area contributed by atoms with Crippen LogP contribution in [0.15, 0.2) is 48.5 Å². The van der Waals surface area contributed by atoms with E-state index in [0.29, 0.717) is 36.1 Å². The van der Waals surface area contributed by atoms with E-state index in [1.54, 1.807) is 24.3 Å². The van der Waals surface area contributed by atoms with E-state index in [9.17, 15) is 8.78 Å². The third kappa shape index (κ3) is 6.46. The van der Waals surface area contributed by atoms with Crippen molar-refractivity contribution < 1.29 is 8.78 Å². The first-order valence-electron chi connectivity index (χ1n) is 9.62. The maximum Gasteiger partial charge on any atom is 0.232 e. The van der Waals surface area contributed by atoms with Crippen molar-refractivity contribution in [3.8, 4) is 11.4 Å². The van der Waals surface area contributed by atoms with Crippen LogP contribution in [0.25, 0.3) is 11.4 Å². The van der Waals surface area contributed by atoms with E-state index in [1.807, 2.05) is 0 Å². The molecule has 0 spiro atoms. The average molecular weight is 398 g/mol. The summed E-state index contributed by atoms with van der Waals surface area (Å²) >= 11 is 0. The van der Waals surface area contributed by atoms with Gasteiger partial charge >= 0.3 is 0 Å². The van der Waals surface area contributed by atoms with Crippen LogP contribution in [-0.4, -0.2) is 28.0 Å². The molecule has 0 saturated carbocycles. The van der Waals surface area contributed by atoms with Gasteiger partial charge in [0, 0.05) is 17.8 Å². The van der Waals surface area contributed by atoms with Gasteiger partial charge in [0.05, 0.1) is 0 Å². The Morgan fingerprint density at radius 3 is 2.28 bits per heavy atom. The van der Waals surface area contributed by atoms with E-state index >= 15 is 0 Å². The molecule has 0 amide bonds. The summed E-state index contributed by atoms with van der Waals surface area (Å²) in [5.41, 5.74) is 6.54. The first-order chi connectivity index (χ1) is 14.1. The predicted molar refractivity (Wildman–Crippen MR) is 111 cm³/mol. The summed E-state index contributed by atoms with van der Waals surface area (Å²) in [5.74, 6) is 0.193. The molecule has 0 atom stereocenters. The molecule has 2 aromatic carbocycles. The molecule has 6 nitrogen and oxygen atoms in total. The molecule has 152 valence electrons. The standard InChI is InChI=1S/C21H24F2N6/c22-16-8-5-7-15(13-16)19-27-20(25-12-4-2-1-3-11-24)29-21(28-19)26-18-10-6-9-17(23)14-18/h5-10,13-14H,1-4,11-12,24H2,(H2,25,26,27,28,29). The molecular weight excluding hydrogens is 374 g/mol. The first kappa shape index (κ1) is 20.6. The molecule has 3 rings (SSSR count). The van der Waals surface area contributed by atoms with Gasteiger partial charge in [0.1, 0.15) is 11.6 Å². The number of hydrogen-bond donors (Lipinski definition) is 3. The molecule has 0 aliphatic rings. The Labute approximate surface area is 168 Å². The molecule has 0 saturated heterocycles. The molecule has 0 aliphatic heterocycles. The largest absolute Gasteiger partial charge is 0.354 e. The van der Waals surface area contributed by atoms with Crippen molar-refractivity contribution in [3.05, 3.63) is 60.2 Å². The molecule has 4 N–H and O–H groups in total. The van der Waals surface area contributed by atoms with E-state index < -0.39 is 0 Å². The normalized spacial score (nSPS) is 10.7. The van der Waals surface area contributed by atoms with Gasteiger partial charge in [-0.1, -0.05) is 31.0 Å². The zero-order valence-corrected chi connectivity index (χ0v) is 16.0. The quantitative estimate of drug-likeness (QED) is 0.436. The van der Waals surface area contributed by atoms with Crippen LogP contribution in [0.3, 0.4) is 0 Å². The Balaban J connectivity index is 1.79. The zero-order chi connectivity index (χ0) is 20.5. The lowest BCUT2D eigenvalue weighted by Crippen LogP contribution is -2.10. The molecule has 8 heteroatoms. The van der Waals surface area contributed by atoms with Gasteiger partial charge in [-0.05, 0) is 49.7 Å². The molecule has 0 fully saturated rings. The van der Waals surface area contributed by atoms with Crippen molar-refractivity contribution in [2.75, 3.05) is 23.7 Å². The number of unbranched alkanes of at least 4 members (excludes halogenated alkanes) is 3. The van der Waals surface area contributed by atoms with Crippen molar-refractivity contribution in [1.82, 2.24) is 15.0 Å². The van der Waals surface area contributed by atoms with Gasteiger partial charge in [-0.25, -0.2) is 8.78 Å². The molecule has 0 aliphatic carbocycles. The fraction of sp³-hybridized carbons (Fsp3) is 0.286. The highest BCUT2D eigenvalue weighted by molar-refractivity contribution is 5.61. The van der Waals surface area contributed by atoms with Gasteiger partial charge in [-0.15, -0.1) is 0 Å². The van der Waals surface area contributed by atoms with Crippen molar-refractivity contribution in [3.63, 3.8) is 0 Å². The molecule has 0 radical (unpaired) electrons. The van der Waals surface area contributed by atoms with E-state index in [1.165, 1.54) is 24.3 Å². The highest BCUT2D eigenvalue weighted by atomic mass is 19.1. The highest BCUT2D eigenvalue weighted by Gasteiger charge is 2.10. The van der Waals surface area contributed by atoms with Crippen LogP contribution in [0.5, 0.6) is 0 Å². The maximum absolute atomic E-state index is 13.6. The number of halogens is 2. The molecule has 3 aromatic rings. The summed E-state index contributed by atoms with van der Waals surface area (Å²) < 4.78 is 27.1. The fourth-order valence-corrected chi connectivity index (χ4v) is 2.79. The van der Waals surface area contributed by atoms with Gasteiger partial charge in [-0.2, -0.15) is 15.0 Å². The summed E-state index contributed by atoms with van der Waals surface area (Å²) in [4.78, 5) is 13.1. The number of nitrogens with two attached hydrogens (primary N) is 1. The van der Waals surface area contributed by atoms with Crippen molar-refractivity contribution in [2.45, 2.75) is 25.7 Å². The Morgan fingerprint density at radius 1 is 0.793 bits per heavy atom. The first-order valence-corrected chi connectivity index (χ1v) is 9.62. The predicted octanol–water partition coefficient (Wildman–Crippen LogP) is 4.49. The summed E-state index contributed by atoms with van der Waals surface area (Å²) in [6.07, 6.45) is 4.10. The minimum atomic E-state index is -0.378. The van der Waals surface area contributed by atoms with E-state index in [4.69, 9.17) is 5.73 Å². The Kier molecular flexibility index (Phi) is 7.40. The molecule has 0 unspecified atom stereocenters. The molecule has 29 heavy (non-hydrogen) atoms. The van der Waals surface area contributed by atoms with Crippen LogP contribution in [-0.2, 0) is 0 Å². The highest BCUT2D eigenvalue weighted by Crippen LogP contribution is 2.21. The zero-order valence-electron chi connectivity index (χ0n) is 16.0. The van der Waals surface area contributed by atoms with Crippen LogP contribution in [0, 0.1) is 11.6 Å². The molecular formula is C21H24F2N6. The Bertz CT molecular complexity index is 935. The molecule has 1 heterocycles. The van der Waals surface area contributed by atoms with Crippen molar-refractivity contribution >= 4 is 17.6 Å². The van der Waals surface area contributed by atoms with Gasteiger partial charge in [0.25, 0.3) is 0 Å². The van der Waals surface area contributed by atoms with E-state index in [-0.39, 0.29) is 17.6 Å². The lowest BCUT2D eigenvalue weighted by molar-refractivity contribution is 0.627. The number of nitrogens with one attached hydrogen (secondary N) is 2. The molecule has 0 bridgehead atoms. The van der Waals surface area contributed by atoms with E-state index in [0.717, 1.165) is 25.7 Å². The second kappa shape index (κ2) is 10.4. The summed E-state index contributed by atoms with van der Waals surface area (Å²) in [7, 11) is 0. The van der Waals surface area contributed by atoms with Crippen LogP contribution >= 0.6 is 0 Å². The number of rotatable bonds is 10. The van der Waals surface area contributed by atoms with Crippen molar-refractivity contribution in [2.24, 2.45) is 5.73 Å². The van der Waals surface area contributed by atoms with Gasteiger partial charge < -0.3 is 16.4 Å². The third-order valence-electron chi connectivity index (χ3n) is 4.21. The lowest BCUT2D eigenvalue weighted by atomic mass is 10.2. The van der Waals surface area contributed by atoms with Crippen LogP contribution in [0.4, 0.5) is 26.4 Å². The lowest BCUT2D eigenvalue weighted by Gasteiger charge is -2.11. The van der Waals surface area contributed by atoms with Gasteiger partial charge in [-0.3, -0.25) is 0 Å². The topological polar surface area (TPSA) is 88.8 Å². The third-order valence-corrected chi connectivity index (χ3v) is 4.21. The van der Waals surface area contributed by atoms with Crippen LogP contribution < -0.4 is 16.4 Å². The molecule has 1 aromatic heterocycles. The Morgan fingerprint density at radius 2 is 1.52 bits per heavy atom. The van der Waals surface area contributed by atoms with Crippen molar-refractivity contribution in [1.29, 1.82) is 0 Å². The van der Waals surface area contributed by atoms with Crippen LogP contribution in [0.1, 0.15) is 25.7 Å². The second-order valence-electron chi connectivity index (χ2n) is 6.58. The maximum atomic E-state index is 13.6. The van der Waals surface area contributed by atoms with Crippen LogP contribution in [0.2, 0.25) is 0 Å². The number of benzene rings is 2. The summed E-state index contributed by atoms with van der Waals surface area (Å²) in [6.45, 7) is 1.39. The number of nitrogens with zero attached hydrogens (tertiary/aromatic N) is 3. The number of anilines is 3. The summed E-state index contributed by atoms with van der Waals surface area (Å²) in [6, 6.07) is 12.0. The SMILES string of the molecule is NCCCCCCNc1nc(Nc2cccc(F)c2)nc(-c2cccc(F)c2)n1.